The van der Waals surface area contributed by atoms with Crippen molar-refractivity contribution in [2.45, 2.75) is 38.6 Å². The van der Waals surface area contributed by atoms with E-state index in [4.69, 9.17) is 5.11 Å². The highest BCUT2D eigenvalue weighted by atomic mass is 16.4. The van der Waals surface area contributed by atoms with Gasteiger partial charge in [0.15, 0.2) is 0 Å². The van der Waals surface area contributed by atoms with Gasteiger partial charge in [-0.05, 0) is 25.7 Å². The van der Waals surface area contributed by atoms with E-state index in [1.807, 2.05) is 4.90 Å². The summed E-state index contributed by atoms with van der Waals surface area (Å²) in [4.78, 5) is 26.3. The molecule has 0 aromatic carbocycles. The van der Waals surface area contributed by atoms with E-state index in [0.29, 0.717) is 6.04 Å². The Kier molecular flexibility index (Phi) is 4.58. The number of hydrogen-bond acceptors (Lipinski definition) is 3. The maximum absolute atomic E-state index is 11.3. The highest BCUT2D eigenvalue weighted by Gasteiger charge is 2.27. The minimum Gasteiger partial charge on any atom is -0.478 e. The third-order valence-electron chi connectivity index (χ3n) is 4.20. The SMILES string of the molecule is CC(=O)N1CCN(C2CCC(=CC(=O)O)CC2)CC1. The first-order valence-corrected chi connectivity index (χ1v) is 6.98. The van der Waals surface area contributed by atoms with Crippen LogP contribution in [0.5, 0.6) is 0 Å². The van der Waals surface area contributed by atoms with Gasteiger partial charge in [-0.15, -0.1) is 0 Å². The van der Waals surface area contributed by atoms with Crippen molar-refractivity contribution in [1.29, 1.82) is 0 Å². The highest BCUT2D eigenvalue weighted by Crippen LogP contribution is 2.27. The first-order valence-electron chi connectivity index (χ1n) is 6.98. The summed E-state index contributed by atoms with van der Waals surface area (Å²) in [5.74, 6) is -0.668. The van der Waals surface area contributed by atoms with Crippen LogP contribution in [0, 0.1) is 0 Å². The molecule has 0 bridgehead atoms. The molecule has 0 spiro atoms. The van der Waals surface area contributed by atoms with Gasteiger partial charge >= 0.3 is 5.97 Å². The minimum absolute atomic E-state index is 0.162. The number of piperazine rings is 1. The fraction of sp³-hybridized carbons (Fsp3) is 0.714. The molecule has 1 heterocycles. The van der Waals surface area contributed by atoms with Crippen molar-refractivity contribution in [2.75, 3.05) is 26.2 Å². The molecule has 1 amide bonds. The van der Waals surface area contributed by atoms with Crippen molar-refractivity contribution in [3.05, 3.63) is 11.6 Å². The number of hydrogen-bond donors (Lipinski definition) is 1. The number of amides is 1. The number of carboxylic acid groups (broad SMARTS) is 1. The quantitative estimate of drug-likeness (QED) is 0.760. The largest absolute Gasteiger partial charge is 0.478 e. The third kappa shape index (κ3) is 3.80. The summed E-state index contributed by atoms with van der Waals surface area (Å²) in [7, 11) is 0. The number of rotatable bonds is 2. The number of carbonyl (C=O) groups is 2. The zero-order valence-corrected chi connectivity index (χ0v) is 11.5. The van der Waals surface area contributed by atoms with Gasteiger partial charge in [0.1, 0.15) is 0 Å². The lowest BCUT2D eigenvalue weighted by Crippen LogP contribution is -2.51. The molecular weight excluding hydrogens is 244 g/mol. The van der Waals surface area contributed by atoms with Crippen molar-refractivity contribution in [3.8, 4) is 0 Å². The molecule has 5 nitrogen and oxygen atoms in total. The predicted molar refractivity (Wildman–Crippen MR) is 71.8 cm³/mol. The Morgan fingerprint density at radius 2 is 1.74 bits per heavy atom. The minimum atomic E-state index is -0.830. The third-order valence-corrected chi connectivity index (χ3v) is 4.20. The lowest BCUT2D eigenvalue weighted by atomic mass is 9.89. The van der Waals surface area contributed by atoms with Gasteiger partial charge in [-0.2, -0.15) is 0 Å². The van der Waals surface area contributed by atoms with Crippen molar-refractivity contribution in [3.63, 3.8) is 0 Å². The summed E-state index contributed by atoms with van der Waals surface area (Å²) in [6.07, 6.45) is 5.23. The lowest BCUT2D eigenvalue weighted by molar-refractivity contribution is -0.132. The maximum atomic E-state index is 11.3. The van der Waals surface area contributed by atoms with Gasteiger partial charge in [-0.25, -0.2) is 4.79 Å². The second-order valence-electron chi connectivity index (χ2n) is 5.41. The van der Waals surface area contributed by atoms with Crippen molar-refractivity contribution < 1.29 is 14.7 Å². The molecule has 5 heteroatoms. The fourth-order valence-electron chi connectivity index (χ4n) is 3.06. The van der Waals surface area contributed by atoms with E-state index in [2.05, 4.69) is 4.90 Å². The van der Waals surface area contributed by atoms with E-state index >= 15 is 0 Å². The molecule has 1 saturated carbocycles. The van der Waals surface area contributed by atoms with Gasteiger partial charge in [0.2, 0.25) is 5.91 Å². The highest BCUT2D eigenvalue weighted by molar-refractivity contribution is 5.80. The van der Waals surface area contributed by atoms with Crippen LogP contribution in [0.25, 0.3) is 0 Å². The normalized spacial score (nSPS) is 25.2. The molecule has 1 aliphatic carbocycles. The van der Waals surface area contributed by atoms with Crippen molar-refractivity contribution in [1.82, 2.24) is 9.80 Å². The standard InChI is InChI=1S/C14H22N2O3/c1-11(17)15-6-8-16(9-7-15)13-4-2-12(3-5-13)10-14(18)19/h10,13H,2-9H2,1H3,(H,18,19). The second kappa shape index (κ2) is 6.19. The Morgan fingerprint density at radius 3 is 2.21 bits per heavy atom. The molecular formula is C14H22N2O3. The Morgan fingerprint density at radius 1 is 1.16 bits per heavy atom. The summed E-state index contributed by atoms with van der Waals surface area (Å²) in [5.41, 5.74) is 1.06. The van der Waals surface area contributed by atoms with Crippen molar-refractivity contribution in [2.24, 2.45) is 0 Å². The Hall–Kier alpha value is -1.36. The van der Waals surface area contributed by atoms with E-state index in [0.717, 1.165) is 57.4 Å². The fourth-order valence-corrected chi connectivity index (χ4v) is 3.06. The number of carboxylic acids is 1. The topological polar surface area (TPSA) is 60.9 Å². The number of aliphatic carboxylic acids is 1. The van der Waals surface area contributed by atoms with Gasteiger partial charge in [0, 0.05) is 45.2 Å². The molecule has 106 valence electrons. The van der Waals surface area contributed by atoms with Crippen LogP contribution in [0.1, 0.15) is 32.6 Å². The van der Waals surface area contributed by atoms with Gasteiger partial charge < -0.3 is 10.0 Å². The van der Waals surface area contributed by atoms with Gasteiger partial charge in [-0.3, -0.25) is 9.69 Å². The molecule has 1 saturated heterocycles. The van der Waals surface area contributed by atoms with Gasteiger partial charge in [0.25, 0.3) is 0 Å². The van der Waals surface area contributed by atoms with E-state index in [9.17, 15) is 9.59 Å². The average molecular weight is 266 g/mol. The summed E-state index contributed by atoms with van der Waals surface area (Å²) < 4.78 is 0. The lowest BCUT2D eigenvalue weighted by Gasteiger charge is -2.40. The number of allylic oxidation sites excluding steroid dienone is 1. The number of nitrogens with zero attached hydrogens (tertiary/aromatic N) is 2. The second-order valence-corrected chi connectivity index (χ2v) is 5.41. The van der Waals surface area contributed by atoms with E-state index in [1.54, 1.807) is 6.92 Å². The molecule has 2 rings (SSSR count). The predicted octanol–water partition coefficient (Wildman–Crippen LogP) is 1.10. The van der Waals surface area contributed by atoms with Crippen LogP contribution in [0.4, 0.5) is 0 Å². The summed E-state index contributed by atoms with van der Waals surface area (Å²) >= 11 is 0. The molecule has 0 atom stereocenters. The van der Waals surface area contributed by atoms with Crippen LogP contribution in [-0.2, 0) is 9.59 Å². The van der Waals surface area contributed by atoms with Crippen LogP contribution in [0.15, 0.2) is 11.6 Å². The summed E-state index contributed by atoms with van der Waals surface area (Å²) in [6, 6.07) is 0.556. The molecule has 1 N–H and O–H groups in total. The Bertz CT molecular complexity index is 374. The molecule has 0 aromatic heterocycles. The van der Waals surface area contributed by atoms with Crippen LogP contribution < -0.4 is 0 Å². The first-order chi connectivity index (χ1) is 9.06. The zero-order valence-electron chi connectivity index (χ0n) is 11.5. The average Bonchev–Trinajstić information content (AvgIpc) is 2.39. The van der Waals surface area contributed by atoms with Crippen LogP contribution >= 0.6 is 0 Å². The molecule has 0 unspecified atom stereocenters. The van der Waals surface area contributed by atoms with Crippen LogP contribution in [0.3, 0.4) is 0 Å². The van der Waals surface area contributed by atoms with E-state index < -0.39 is 5.97 Å². The molecule has 1 aliphatic heterocycles. The maximum Gasteiger partial charge on any atom is 0.328 e. The molecule has 19 heavy (non-hydrogen) atoms. The Labute approximate surface area is 113 Å². The van der Waals surface area contributed by atoms with Gasteiger partial charge in [0.05, 0.1) is 0 Å². The summed E-state index contributed by atoms with van der Waals surface area (Å²) in [5, 5.41) is 8.74. The molecule has 2 aliphatic rings. The van der Waals surface area contributed by atoms with E-state index in [1.165, 1.54) is 6.08 Å². The van der Waals surface area contributed by atoms with Crippen LogP contribution in [0.2, 0.25) is 0 Å². The number of carbonyl (C=O) groups excluding carboxylic acids is 1. The molecule has 0 radical (unpaired) electrons. The molecule has 0 aromatic rings. The van der Waals surface area contributed by atoms with Crippen LogP contribution in [-0.4, -0.2) is 59.0 Å². The van der Waals surface area contributed by atoms with Gasteiger partial charge in [-0.1, -0.05) is 5.57 Å². The zero-order chi connectivity index (χ0) is 13.8. The summed E-state index contributed by atoms with van der Waals surface area (Å²) in [6.45, 7) is 5.16. The van der Waals surface area contributed by atoms with E-state index in [-0.39, 0.29) is 5.91 Å². The molecule has 2 fully saturated rings. The smallest absolute Gasteiger partial charge is 0.328 e. The first kappa shape index (κ1) is 14.1. The van der Waals surface area contributed by atoms with Crippen molar-refractivity contribution >= 4 is 11.9 Å². The Balaban J connectivity index is 1.80. The monoisotopic (exact) mass is 266 g/mol.